The predicted molar refractivity (Wildman–Crippen MR) is 53.5 cm³/mol. The Morgan fingerprint density at radius 3 is 2.35 bits per heavy atom. The first-order valence-corrected chi connectivity index (χ1v) is 5.10. The summed E-state index contributed by atoms with van der Waals surface area (Å²) >= 11 is 0. The SMILES string of the molecule is CCCC(NC(=O)NCCC(F)(F)F)C(=O)O. The van der Waals surface area contributed by atoms with Gasteiger partial charge in [-0.05, 0) is 6.42 Å². The second-order valence-corrected chi connectivity index (χ2v) is 3.44. The molecule has 100 valence electrons. The maximum absolute atomic E-state index is 11.8. The number of urea groups is 1. The van der Waals surface area contributed by atoms with Crippen molar-refractivity contribution in [1.29, 1.82) is 0 Å². The number of carboxylic acids is 1. The van der Waals surface area contributed by atoms with Crippen LogP contribution in [0.15, 0.2) is 0 Å². The van der Waals surface area contributed by atoms with Crippen LogP contribution in [-0.4, -0.2) is 35.9 Å². The minimum absolute atomic E-state index is 0.224. The van der Waals surface area contributed by atoms with E-state index in [1.807, 2.05) is 5.32 Å². The van der Waals surface area contributed by atoms with Crippen molar-refractivity contribution in [3.63, 3.8) is 0 Å². The van der Waals surface area contributed by atoms with Gasteiger partial charge in [-0.2, -0.15) is 13.2 Å². The van der Waals surface area contributed by atoms with Gasteiger partial charge in [0.15, 0.2) is 0 Å². The Hall–Kier alpha value is -1.47. The Kier molecular flexibility index (Phi) is 6.37. The van der Waals surface area contributed by atoms with E-state index in [0.29, 0.717) is 6.42 Å². The van der Waals surface area contributed by atoms with E-state index in [1.54, 1.807) is 6.92 Å². The molecule has 3 N–H and O–H groups in total. The van der Waals surface area contributed by atoms with Crippen molar-refractivity contribution < 1.29 is 27.9 Å². The third-order valence-electron chi connectivity index (χ3n) is 1.87. The zero-order chi connectivity index (χ0) is 13.5. The van der Waals surface area contributed by atoms with Gasteiger partial charge >= 0.3 is 18.2 Å². The highest BCUT2D eigenvalue weighted by molar-refractivity contribution is 5.82. The van der Waals surface area contributed by atoms with Gasteiger partial charge in [-0.3, -0.25) is 0 Å². The lowest BCUT2D eigenvalue weighted by molar-refractivity contribution is -0.139. The normalized spacial score (nSPS) is 12.9. The molecular weight excluding hydrogens is 241 g/mol. The van der Waals surface area contributed by atoms with Gasteiger partial charge in [0.25, 0.3) is 0 Å². The molecule has 0 saturated carbocycles. The number of amides is 2. The fraction of sp³-hybridized carbons (Fsp3) is 0.778. The lowest BCUT2D eigenvalue weighted by atomic mass is 10.2. The van der Waals surface area contributed by atoms with Gasteiger partial charge in [-0.1, -0.05) is 13.3 Å². The molecule has 0 aliphatic heterocycles. The molecule has 0 saturated heterocycles. The average molecular weight is 256 g/mol. The summed E-state index contributed by atoms with van der Waals surface area (Å²) < 4.78 is 35.3. The van der Waals surface area contributed by atoms with Gasteiger partial charge in [0.1, 0.15) is 6.04 Å². The first-order chi connectivity index (χ1) is 7.76. The number of alkyl halides is 3. The summed E-state index contributed by atoms with van der Waals surface area (Å²) in [6.45, 7) is 1.16. The molecule has 0 aromatic heterocycles. The molecule has 1 unspecified atom stereocenters. The molecule has 0 radical (unpaired) electrons. The highest BCUT2D eigenvalue weighted by Crippen LogP contribution is 2.17. The summed E-state index contributed by atoms with van der Waals surface area (Å²) in [7, 11) is 0. The molecular formula is C9H15F3N2O3. The van der Waals surface area contributed by atoms with Crippen LogP contribution in [0.2, 0.25) is 0 Å². The highest BCUT2D eigenvalue weighted by atomic mass is 19.4. The van der Waals surface area contributed by atoms with Crippen LogP contribution in [-0.2, 0) is 4.79 Å². The average Bonchev–Trinajstić information content (AvgIpc) is 2.14. The van der Waals surface area contributed by atoms with Crippen LogP contribution < -0.4 is 10.6 Å². The van der Waals surface area contributed by atoms with Gasteiger partial charge in [0.05, 0.1) is 6.42 Å². The Balaban J connectivity index is 3.95. The molecule has 0 heterocycles. The standard InChI is InChI=1S/C9H15F3N2O3/c1-2-3-6(7(15)16)14-8(17)13-5-4-9(10,11)12/h6H,2-5H2,1H3,(H,15,16)(H2,13,14,17). The third-order valence-corrected chi connectivity index (χ3v) is 1.87. The fourth-order valence-electron chi connectivity index (χ4n) is 1.07. The van der Waals surface area contributed by atoms with Gasteiger partial charge in [0, 0.05) is 6.54 Å². The molecule has 0 fully saturated rings. The van der Waals surface area contributed by atoms with Crippen LogP contribution in [0.5, 0.6) is 0 Å². The van der Waals surface area contributed by atoms with E-state index in [9.17, 15) is 22.8 Å². The molecule has 5 nitrogen and oxygen atoms in total. The molecule has 0 aliphatic carbocycles. The smallest absolute Gasteiger partial charge is 0.390 e. The molecule has 0 aliphatic rings. The van der Waals surface area contributed by atoms with E-state index in [0.717, 1.165) is 0 Å². The number of carbonyl (C=O) groups is 2. The summed E-state index contributed by atoms with van der Waals surface area (Å²) in [5.74, 6) is -1.21. The van der Waals surface area contributed by atoms with Gasteiger partial charge in [-0.15, -0.1) is 0 Å². The monoisotopic (exact) mass is 256 g/mol. The lowest BCUT2D eigenvalue weighted by Gasteiger charge is -2.14. The van der Waals surface area contributed by atoms with Crippen LogP contribution in [0.3, 0.4) is 0 Å². The molecule has 8 heteroatoms. The molecule has 17 heavy (non-hydrogen) atoms. The highest BCUT2D eigenvalue weighted by Gasteiger charge is 2.27. The summed E-state index contributed by atoms with van der Waals surface area (Å²) in [5.41, 5.74) is 0. The summed E-state index contributed by atoms with van der Waals surface area (Å²) in [5, 5.41) is 12.7. The Labute approximate surface area is 96.4 Å². The summed E-state index contributed by atoms with van der Waals surface area (Å²) in [6.07, 6.45) is -4.73. The maximum atomic E-state index is 11.8. The van der Waals surface area contributed by atoms with Crippen LogP contribution in [0.1, 0.15) is 26.2 Å². The number of hydrogen-bond acceptors (Lipinski definition) is 2. The number of hydrogen-bond donors (Lipinski definition) is 3. The van der Waals surface area contributed by atoms with E-state index in [-0.39, 0.29) is 6.42 Å². The zero-order valence-corrected chi connectivity index (χ0v) is 9.30. The number of halogens is 3. The molecule has 0 spiro atoms. The number of carboxylic acid groups (broad SMARTS) is 1. The minimum atomic E-state index is -4.34. The molecule has 0 bridgehead atoms. The van der Waals surface area contributed by atoms with Crippen molar-refractivity contribution in [3.8, 4) is 0 Å². The van der Waals surface area contributed by atoms with E-state index in [2.05, 4.69) is 5.32 Å². The number of rotatable bonds is 6. The fourth-order valence-corrected chi connectivity index (χ4v) is 1.07. The number of nitrogens with one attached hydrogen (secondary N) is 2. The molecule has 0 aromatic rings. The zero-order valence-electron chi connectivity index (χ0n) is 9.30. The predicted octanol–water partition coefficient (Wildman–Crippen LogP) is 1.49. The van der Waals surface area contributed by atoms with Crippen molar-refractivity contribution in [3.05, 3.63) is 0 Å². The Morgan fingerprint density at radius 2 is 1.94 bits per heavy atom. The number of aliphatic carboxylic acids is 1. The van der Waals surface area contributed by atoms with Crippen molar-refractivity contribution in [2.75, 3.05) is 6.54 Å². The first-order valence-electron chi connectivity index (χ1n) is 5.10. The van der Waals surface area contributed by atoms with Gasteiger partial charge in [0.2, 0.25) is 0 Å². The summed E-state index contributed by atoms with van der Waals surface area (Å²) in [4.78, 5) is 21.7. The van der Waals surface area contributed by atoms with Gasteiger partial charge < -0.3 is 15.7 Å². The minimum Gasteiger partial charge on any atom is -0.480 e. The lowest BCUT2D eigenvalue weighted by Crippen LogP contribution is -2.46. The van der Waals surface area contributed by atoms with E-state index in [1.165, 1.54) is 0 Å². The van der Waals surface area contributed by atoms with Crippen molar-refractivity contribution in [2.45, 2.75) is 38.4 Å². The second kappa shape index (κ2) is 6.97. The largest absolute Gasteiger partial charge is 0.480 e. The molecule has 1 atom stereocenters. The topological polar surface area (TPSA) is 78.4 Å². The van der Waals surface area contributed by atoms with Crippen LogP contribution in [0, 0.1) is 0 Å². The van der Waals surface area contributed by atoms with E-state index in [4.69, 9.17) is 5.11 Å². The van der Waals surface area contributed by atoms with Crippen LogP contribution in [0.4, 0.5) is 18.0 Å². The number of carbonyl (C=O) groups excluding carboxylic acids is 1. The quantitative estimate of drug-likeness (QED) is 0.673. The van der Waals surface area contributed by atoms with Crippen LogP contribution in [0.25, 0.3) is 0 Å². The third kappa shape index (κ3) is 8.35. The molecule has 0 rings (SSSR count). The second-order valence-electron chi connectivity index (χ2n) is 3.44. The molecule has 0 aromatic carbocycles. The maximum Gasteiger partial charge on any atom is 0.390 e. The first kappa shape index (κ1) is 15.5. The summed E-state index contributed by atoms with van der Waals surface area (Å²) in [6, 6.07) is -1.99. The Bertz CT molecular complexity index is 269. The molecule has 2 amide bonds. The van der Waals surface area contributed by atoms with Crippen molar-refractivity contribution in [2.24, 2.45) is 0 Å². The van der Waals surface area contributed by atoms with Crippen molar-refractivity contribution >= 4 is 12.0 Å². The van der Waals surface area contributed by atoms with Crippen molar-refractivity contribution in [1.82, 2.24) is 10.6 Å². The van der Waals surface area contributed by atoms with E-state index < -0.39 is 37.2 Å². The van der Waals surface area contributed by atoms with E-state index >= 15 is 0 Å². The Morgan fingerprint density at radius 1 is 1.35 bits per heavy atom. The van der Waals surface area contributed by atoms with Gasteiger partial charge in [-0.25, -0.2) is 9.59 Å². The van der Waals surface area contributed by atoms with Crippen LogP contribution >= 0.6 is 0 Å².